The number of ether oxygens (including phenoxy) is 12. The quantitative estimate of drug-likeness (QED) is 0.0153. The van der Waals surface area contributed by atoms with Crippen LogP contribution in [0.2, 0.25) is 0 Å². The van der Waals surface area contributed by atoms with E-state index in [0.717, 1.165) is 115 Å². The van der Waals surface area contributed by atoms with E-state index in [1.54, 1.807) is 0 Å². The van der Waals surface area contributed by atoms with E-state index in [4.69, 9.17) is 62.6 Å². The third-order valence-electron chi connectivity index (χ3n) is 20.8. The van der Waals surface area contributed by atoms with Crippen molar-refractivity contribution in [3.8, 4) is 0 Å². The van der Waals surface area contributed by atoms with Crippen molar-refractivity contribution in [1.82, 2.24) is 21.5 Å². The van der Waals surface area contributed by atoms with Crippen LogP contribution in [0, 0.1) is 0 Å². The van der Waals surface area contributed by atoms with Crippen LogP contribution in [0.1, 0.15) is 175 Å². The molecule has 31 atom stereocenters. The third-order valence-corrected chi connectivity index (χ3v) is 20.8. The molecule has 116 heavy (non-hydrogen) atoms. The molecule has 6 heterocycles. The lowest BCUT2D eigenvalue weighted by Gasteiger charge is -2.46. The molecule has 0 saturated carbocycles. The first-order chi connectivity index (χ1) is 55.1. The second kappa shape index (κ2) is 56.9. The highest BCUT2D eigenvalue weighted by atomic mass is 16.8. The zero-order valence-electron chi connectivity index (χ0n) is 65.4. The first kappa shape index (κ1) is 105. The number of hydrogen-bond donors (Lipinski definition) is 25. The summed E-state index contributed by atoms with van der Waals surface area (Å²) in [5.41, 5.74) is 10.8. The molecule has 42 nitrogen and oxygen atoms in total. The van der Waals surface area contributed by atoms with Gasteiger partial charge in [-0.3, -0.25) is 24.6 Å². The summed E-state index contributed by atoms with van der Waals surface area (Å²) in [5, 5.41) is 211. The smallest absolute Gasteiger partial charge is 0.234 e. The Morgan fingerprint density at radius 2 is 0.690 bits per heavy atom. The monoisotopic (exact) mass is 1690 g/mol. The number of aliphatic hydroxyl groups is 20. The number of aliphatic hydroxyl groups excluding tert-OH is 20. The van der Waals surface area contributed by atoms with Gasteiger partial charge < -0.3 is 180 Å². The molecule has 6 fully saturated rings. The Balaban J connectivity index is 0.000000488. The molecular formula is C74H137N5O37. The number of ketones is 1. The number of hydrogen-bond acceptors (Lipinski definition) is 39. The van der Waals surface area contributed by atoms with Gasteiger partial charge in [-0.25, -0.2) is 5.43 Å². The van der Waals surface area contributed by atoms with Crippen molar-refractivity contribution in [2.45, 2.75) is 365 Å². The van der Waals surface area contributed by atoms with Gasteiger partial charge in [-0.2, -0.15) is 0 Å². The van der Waals surface area contributed by atoms with Crippen LogP contribution in [0.4, 0.5) is 0 Å². The van der Waals surface area contributed by atoms with E-state index in [1.165, 1.54) is 0 Å². The number of Topliss-reactive ketones (excluding diaryl/α,β-unsaturated/α-hetero) is 1. The summed E-state index contributed by atoms with van der Waals surface area (Å²) in [6, 6.07) is -0.430. The predicted molar refractivity (Wildman–Crippen MR) is 399 cm³/mol. The van der Waals surface area contributed by atoms with Gasteiger partial charge in [-0.1, -0.05) is 90.9 Å². The first-order valence-electron chi connectivity index (χ1n) is 40.4. The van der Waals surface area contributed by atoms with Crippen LogP contribution in [-0.2, 0) is 80.8 Å². The van der Waals surface area contributed by atoms with Gasteiger partial charge in [0.05, 0.1) is 58.9 Å². The first-order valence-corrected chi connectivity index (χ1v) is 40.4. The number of nitrogens with two attached hydrogens (primary N) is 1. The average molecular weight is 1690 g/mol. The molecular weight excluding hydrogens is 1550 g/mol. The van der Waals surface area contributed by atoms with Crippen LogP contribution in [0.5, 0.6) is 0 Å². The molecule has 6 rings (SSSR count). The van der Waals surface area contributed by atoms with Gasteiger partial charge in [0.15, 0.2) is 37.7 Å². The van der Waals surface area contributed by atoms with Gasteiger partial charge in [-0.15, -0.1) is 0 Å². The topological polar surface area (TPSA) is 675 Å². The van der Waals surface area contributed by atoms with Crippen LogP contribution in [-0.4, -0.2) is 395 Å². The van der Waals surface area contributed by atoms with Crippen molar-refractivity contribution in [2.75, 3.05) is 72.5 Å². The van der Waals surface area contributed by atoms with Crippen molar-refractivity contribution in [1.29, 1.82) is 0 Å². The molecule has 6 aliphatic rings. The number of nitrogens with one attached hydrogen (secondary N) is 4. The fourth-order valence-electron chi connectivity index (χ4n) is 13.7. The van der Waals surface area contributed by atoms with Crippen LogP contribution in [0.25, 0.3) is 0 Å². The Morgan fingerprint density at radius 3 is 1.07 bits per heavy atom. The molecule has 0 unspecified atom stereocenters. The Bertz CT molecular complexity index is 2660. The van der Waals surface area contributed by atoms with Crippen LogP contribution in [0.15, 0.2) is 0 Å². The molecule has 0 radical (unpaired) electrons. The number of unbranched alkanes of at least 4 members (excludes halogenated alkanes) is 15. The van der Waals surface area contributed by atoms with E-state index in [2.05, 4.69) is 21.5 Å². The van der Waals surface area contributed by atoms with Crippen LogP contribution >= 0.6 is 0 Å². The van der Waals surface area contributed by atoms with Crippen LogP contribution < -0.4 is 27.2 Å². The number of aldehydes is 1. The van der Waals surface area contributed by atoms with Gasteiger partial charge in [0.1, 0.15) is 159 Å². The highest BCUT2D eigenvalue weighted by Crippen LogP contribution is 2.34. The summed E-state index contributed by atoms with van der Waals surface area (Å²) in [4.78, 5) is 59.6. The van der Waals surface area contributed by atoms with E-state index in [-0.39, 0.29) is 70.0 Å². The Labute approximate surface area is 675 Å². The molecule has 0 aromatic carbocycles. The second-order valence-corrected chi connectivity index (χ2v) is 29.8. The van der Waals surface area contributed by atoms with E-state index < -0.39 is 230 Å². The summed E-state index contributed by atoms with van der Waals surface area (Å²) in [6.45, 7) is -1.31. The maximum absolute atomic E-state index is 12.5. The lowest BCUT2D eigenvalue weighted by atomic mass is 9.96. The minimum atomic E-state index is -1.89. The van der Waals surface area contributed by atoms with Crippen molar-refractivity contribution < 1.29 is 183 Å². The van der Waals surface area contributed by atoms with Gasteiger partial charge in [0.2, 0.25) is 17.7 Å². The highest BCUT2D eigenvalue weighted by Gasteiger charge is 2.55. The second-order valence-electron chi connectivity index (χ2n) is 29.8. The van der Waals surface area contributed by atoms with Gasteiger partial charge in [0.25, 0.3) is 0 Å². The van der Waals surface area contributed by atoms with E-state index in [9.17, 15) is 126 Å². The Hall–Kier alpha value is -3.61. The zero-order chi connectivity index (χ0) is 84.7. The average Bonchev–Trinajstić information content (AvgIpc) is 0.788. The summed E-state index contributed by atoms with van der Waals surface area (Å²) < 4.78 is 66.8. The zero-order valence-corrected chi connectivity index (χ0v) is 65.4. The number of carbonyl (C=O) groups is 5. The van der Waals surface area contributed by atoms with Crippen molar-refractivity contribution in [3.05, 3.63) is 0 Å². The molecule has 0 spiro atoms. The SMILES string of the molecule is C.CCNC(=O)CCCCCCCCCCC(=O)CCCO[C@@H]1O[C@H](CO[C@H]2O[C@H](CO)[C@@H](O)[C@H](O)[C@@H]2O)[C@@H](O)[C@H](O[C@H]2O[C@H](CO)[C@@H](O)[C@H](O)[C@@H]2O)[C@@H]1O.NCCCC[C@@H](C=O)NNC(=O)CCCCCCCCCCC(=O)NCCO[C@@H]1O[C@H](CO[C@H]2O[C@H](CO)[C@@H](O)[C@H](O)[C@@H]2O)[C@@H](O)[C@H](O[C@H]2O[C@H](CO)[C@@H](O)[C@H](O)[C@@H]2O)[C@@H]1O. The molecule has 0 aliphatic carbocycles. The van der Waals surface area contributed by atoms with E-state index in [0.29, 0.717) is 45.2 Å². The fourth-order valence-corrected chi connectivity index (χ4v) is 13.7. The van der Waals surface area contributed by atoms with Crippen molar-refractivity contribution in [2.24, 2.45) is 5.73 Å². The van der Waals surface area contributed by atoms with Crippen molar-refractivity contribution in [3.63, 3.8) is 0 Å². The standard InChI is InChI=1S/C38H70N4O19.C35H63NO18.CH4/c39-14-10-9-11-21(17-43)41-42-26(47)13-8-6-4-2-1-3-5-7-12-25(46)40-15-16-56-37-34(55)35(61-38-33(54)31(52)28(49)23(19-45)59-38)29(50)24(60-37)20-57-36-32(53)30(51)27(48)22(18-44)58-36;1-2-36-23(40)14-10-8-6-4-3-5-7-9-12-19(39)13-11-15-49-34-31(48)32(54-35-30(47)28(45)25(42)21(17-38)52-35)26(43)22(53-34)18-50-33-29(46)27(44)24(41)20(16-37)51-33;/h17,21-24,27-38,41,44-45,48-55H,1-16,18-20,39H2,(H,40,46)(H,42,47);20-22,24-35,37-38,41-48H,2-18H2,1H3,(H,36,40);1H4/t21-,22+,23+,24+,27+,28+,29+,30-,31-,32-,33-,34-,35-,36-,37+,38+;20-,21-,22-,24-,25-,26-,27+,28+,29+,30+,31+,32+,33+,34-,35-;/m01./s1. The summed E-state index contributed by atoms with van der Waals surface area (Å²) in [7, 11) is 0. The minimum absolute atomic E-state index is 0. The van der Waals surface area contributed by atoms with E-state index in [1.807, 2.05) is 6.92 Å². The number of carbonyl (C=O) groups excluding carboxylic acids is 5. The lowest BCUT2D eigenvalue weighted by Crippen LogP contribution is -2.65. The maximum atomic E-state index is 12.5. The third kappa shape index (κ3) is 33.9. The fraction of sp³-hybridized carbons (Fsp3) is 0.932. The van der Waals surface area contributed by atoms with E-state index >= 15 is 0 Å². The Kier molecular flexibility index (Phi) is 51.4. The minimum Gasteiger partial charge on any atom is -0.394 e. The molecule has 26 N–H and O–H groups in total. The normalized spacial score (nSPS) is 35.6. The largest absolute Gasteiger partial charge is 0.394 e. The Morgan fingerprint density at radius 1 is 0.362 bits per heavy atom. The molecule has 6 aliphatic heterocycles. The van der Waals surface area contributed by atoms with Gasteiger partial charge in [-0.05, 0) is 58.4 Å². The van der Waals surface area contributed by atoms with Gasteiger partial charge >= 0.3 is 0 Å². The molecule has 6 saturated heterocycles. The van der Waals surface area contributed by atoms with Crippen molar-refractivity contribution >= 4 is 29.8 Å². The maximum Gasteiger partial charge on any atom is 0.234 e. The molecule has 0 aromatic heterocycles. The molecule has 0 aromatic rings. The van der Waals surface area contributed by atoms with Gasteiger partial charge in [0, 0.05) is 45.2 Å². The number of hydrazine groups is 1. The number of amides is 3. The molecule has 0 bridgehead atoms. The number of rotatable bonds is 53. The summed E-state index contributed by atoms with van der Waals surface area (Å²) in [5.74, 6) is -0.259. The highest BCUT2D eigenvalue weighted by molar-refractivity contribution is 5.78. The predicted octanol–water partition coefficient (Wildman–Crippen LogP) is -7.74. The molecule has 680 valence electrons. The summed E-state index contributed by atoms with van der Waals surface area (Å²) in [6.07, 6.45) is -29.5. The summed E-state index contributed by atoms with van der Waals surface area (Å²) >= 11 is 0. The molecule has 3 amide bonds. The molecule has 42 heteroatoms. The van der Waals surface area contributed by atoms with Crippen LogP contribution in [0.3, 0.4) is 0 Å². The lowest BCUT2D eigenvalue weighted by molar-refractivity contribution is -0.366.